The lowest BCUT2D eigenvalue weighted by Crippen LogP contribution is -2.47. The lowest BCUT2D eigenvalue weighted by Gasteiger charge is -2.36. The van der Waals surface area contributed by atoms with E-state index in [0.717, 1.165) is 65.4 Å². The topological polar surface area (TPSA) is 57.3 Å². The van der Waals surface area contributed by atoms with Crippen molar-refractivity contribution in [2.75, 3.05) is 42.6 Å². The van der Waals surface area contributed by atoms with Crippen LogP contribution in [0.15, 0.2) is 42.7 Å². The Hall–Kier alpha value is -2.70. The first-order valence-electron chi connectivity index (χ1n) is 9.98. The Balaban J connectivity index is 1.42. The first-order chi connectivity index (χ1) is 14.6. The Bertz CT molecular complexity index is 1220. The summed E-state index contributed by atoms with van der Waals surface area (Å²) in [6, 6.07) is 11.8. The summed E-state index contributed by atoms with van der Waals surface area (Å²) in [5.74, 6) is 1.78. The van der Waals surface area contributed by atoms with E-state index in [1.165, 1.54) is 0 Å². The highest BCUT2D eigenvalue weighted by molar-refractivity contribution is 6.42. The van der Waals surface area contributed by atoms with Gasteiger partial charge in [0.25, 0.3) is 0 Å². The van der Waals surface area contributed by atoms with E-state index in [0.29, 0.717) is 16.7 Å². The third kappa shape index (κ3) is 3.40. The number of piperazine rings is 1. The molecule has 0 unspecified atom stereocenters. The van der Waals surface area contributed by atoms with E-state index < -0.39 is 0 Å². The maximum atomic E-state index is 6.19. The van der Waals surface area contributed by atoms with Crippen LogP contribution in [0, 0.1) is 0 Å². The van der Waals surface area contributed by atoms with Gasteiger partial charge in [0.15, 0.2) is 5.82 Å². The van der Waals surface area contributed by atoms with Gasteiger partial charge in [-0.05, 0) is 43.3 Å². The SMILES string of the molecule is CCOc1ccc2[nH]c3c(N4CCN(c5ccc(Cl)c(Cl)c5)CC4)ncnc3c2c1. The number of nitrogens with zero attached hydrogens (tertiary/aromatic N) is 4. The molecule has 1 fully saturated rings. The van der Waals surface area contributed by atoms with Crippen LogP contribution >= 0.6 is 23.2 Å². The molecule has 2 aromatic carbocycles. The van der Waals surface area contributed by atoms with Gasteiger partial charge in [0, 0.05) is 42.8 Å². The molecule has 8 heteroatoms. The normalized spacial score (nSPS) is 14.6. The Morgan fingerprint density at radius 1 is 0.967 bits per heavy atom. The van der Waals surface area contributed by atoms with Crippen molar-refractivity contribution in [3.8, 4) is 5.75 Å². The molecule has 0 atom stereocenters. The van der Waals surface area contributed by atoms with Crippen molar-refractivity contribution in [1.82, 2.24) is 15.0 Å². The number of nitrogens with one attached hydrogen (secondary N) is 1. The molecular formula is C22H21Cl2N5O. The number of ether oxygens (including phenoxy) is 1. The molecule has 154 valence electrons. The Morgan fingerprint density at radius 2 is 1.77 bits per heavy atom. The molecule has 0 radical (unpaired) electrons. The molecule has 0 saturated carbocycles. The summed E-state index contributed by atoms with van der Waals surface area (Å²) in [7, 11) is 0. The van der Waals surface area contributed by atoms with Gasteiger partial charge in [0.05, 0.1) is 16.7 Å². The summed E-state index contributed by atoms with van der Waals surface area (Å²) in [4.78, 5) is 17.3. The molecule has 30 heavy (non-hydrogen) atoms. The van der Waals surface area contributed by atoms with E-state index in [4.69, 9.17) is 27.9 Å². The number of benzene rings is 2. The second kappa shape index (κ2) is 7.85. The van der Waals surface area contributed by atoms with E-state index in [1.54, 1.807) is 6.33 Å². The standard InChI is InChI=1S/C22H21Cl2N5O/c1-2-30-15-4-6-19-16(12-15)20-21(27-19)22(26-13-25-20)29-9-7-28(8-10-29)14-3-5-17(23)18(24)11-14/h3-6,11-13,27H,2,7-10H2,1H3. The number of aromatic amines is 1. The highest BCUT2D eigenvalue weighted by atomic mass is 35.5. The number of rotatable bonds is 4. The van der Waals surface area contributed by atoms with Crippen LogP contribution < -0.4 is 14.5 Å². The molecule has 0 amide bonds. The molecule has 1 saturated heterocycles. The van der Waals surface area contributed by atoms with E-state index >= 15 is 0 Å². The van der Waals surface area contributed by atoms with Crippen LogP contribution in [0.1, 0.15) is 6.92 Å². The molecule has 6 nitrogen and oxygen atoms in total. The zero-order chi connectivity index (χ0) is 20.7. The Kier molecular flexibility index (Phi) is 5.05. The summed E-state index contributed by atoms with van der Waals surface area (Å²) >= 11 is 12.2. The fourth-order valence-corrected chi connectivity index (χ4v) is 4.31. The average Bonchev–Trinajstić information content (AvgIpc) is 3.14. The summed E-state index contributed by atoms with van der Waals surface area (Å²) in [6.45, 7) is 6.07. The monoisotopic (exact) mass is 441 g/mol. The van der Waals surface area contributed by atoms with Crippen LogP contribution in [0.3, 0.4) is 0 Å². The number of hydrogen-bond acceptors (Lipinski definition) is 5. The minimum absolute atomic E-state index is 0.578. The van der Waals surface area contributed by atoms with Gasteiger partial charge in [0.2, 0.25) is 0 Å². The third-order valence-corrected chi connectivity index (χ3v) is 6.23. The summed E-state index contributed by atoms with van der Waals surface area (Å²) in [5, 5.41) is 2.21. The highest BCUT2D eigenvalue weighted by Gasteiger charge is 2.22. The number of fused-ring (bicyclic) bond motifs is 3. The second-order valence-electron chi connectivity index (χ2n) is 7.26. The van der Waals surface area contributed by atoms with Gasteiger partial charge in [-0.15, -0.1) is 0 Å². The molecule has 4 aromatic rings. The van der Waals surface area contributed by atoms with Gasteiger partial charge < -0.3 is 19.5 Å². The van der Waals surface area contributed by atoms with Gasteiger partial charge in [-0.1, -0.05) is 23.2 Å². The van der Waals surface area contributed by atoms with E-state index in [1.807, 2.05) is 43.3 Å². The Morgan fingerprint density at radius 3 is 2.53 bits per heavy atom. The van der Waals surface area contributed by atoms with Gasteiger partial charge in [-0.25, -0.2) is 9.97 Å². The lowest BCUT2D eigenvalue weighted by atomic mass is 10.2. The maximum Gasteiger partial charge on any atom is 0.156 e. The van der Waals surface area contributed by atoms with Gasteiger partial charge in [-0.3, -0.25) is 0 Å². The zero-order valence-corrected chi connectivity index (χ0v) is 18.0. The van der Waals surface area contributed by atoms with Crippen molar-refractivity contribution in [3.05, 3.63) is 52.8 Å². The molecule has 5 rings (SSSR count). The second-order valence-corrected chi connectivity index (χ2v) is 8.07. The zero-order valence-electron chi connectivity index (χ0n) is 16.5. The largest absolute Gasteiger partial charge is 0.494 e. The third-order valence-electron chi connectivity index (χ3n) is 5.49. The molecule has 3 heterocycles. The summed E-state index contributed by atoms with van der Waals surface area (Å²) in [6.07, 6.45) is 1.64. The molecule has 2 aromatic heterocycles. The van der Waals surface area contributed by atoms with Gasteiger partial charge in [0.1, 0.15) is 23.1 Å². The van der Waals surface area contributed by atoms with Crippen molar-refractivity contribution in [2.45, 2.75) is 6.92 Å². The molecule has 0 spiro atoms. The first-order valence-corrected chi connectivity index (χ1v) is 10.7. The molecule has 1 aliphatic heterocycles. The van der Waals surface area contributed by atoms with Crippen LogP contribution in [0.25, 0.3) is 21.9 Å². The molecule has 1 aliphatic rings. The number of H-pyrrole nitrogens is 1. The highest BCUT2D eigenvalue weighted by Crippen LogP contribution is 2.33. The smallest absolute Gasteiger partial charge is 0.156 e. The van der Waals surface area contributed by atoms with E-state index in [2.05, 4.69) is 24.8 Å². The van der Waals surface area contributed by atoms with Crippen LogP contribution in [0.2, 0.25) is 10.0 Å². The fraction of sp³-hybridized carbons (Fsp3) is 0.273. The van der Waals surface area contributed by atoms with Crippen molar-refractivity contribution in [3.63, 3.8) is 0 Å². The van der Waals surface area contributed by atoms with Crippen molar-refractivity contribution in [2.24, 2.45) is 0 Å². The number of anilines is 2. The van der Waals surface area contributed by atoms with Gasteiger partial charge >= 0.3 is 0 Å². The fourth-order valence-electron chi connectivity index (χ4n) is 4.01. The van der Waals surface area contributed by atoms with Crippen molar-refractivity contribution in [1.29, 1.82) is 0 Å². The van der Waals surface area contributed by atoms with Crippen molar-refractivity contribution < 1.29 is 4.74 Å². The van der Waals surface area contributed by atoms with Crippen molar-refractivity contribution >= 4 is 56.6 Å². The van der Waals surface area contributed by atoms with E-state index in [-0.39, 0.29) is 0 Å². The first kappa shape index (κ1) is 19.3. The minimum atomic E-state index is 0.578. The van der Waals surface area contributed by atoms with E-state index in [9.17, 15) is 0 Å². The molecule has 1 N–H and O–H groups in total. The summed E-state index contributed by atoms with van der Waals surface area (Å²) in [5.41, 5.74) is 4.00. The Labute approximate surface area is 184 Å². The molecular weight excluding hydrogens is 421 g/mol. The minimum Gasteiger partial charge on any atom is -0.494 e. The van der Waals surface area contributed by atoms with Crippen LogP contribution in [-0.4, -0.2) is 47.7 Å². The predicted molar refractivity (Wildman–Crippen MR) is 123 cm³/mol. The van der Waals surface area contributed by atoms with Gasteiger partial charge in [-0.2, -0.15) is 0 Å². The number of aromatic nitrogens is 3. The average molecular weight is 442 g/mol. The predicted octanol–water partition coefficient (Wildman–Crippen LogP) is 5.14. The number of hydrogen-bond donors (Lipinski definition) is 1. The molecule has 0 aliphatic carbocycles. The van der Waals surface area contributed by atoms with Crippen LogP contribution in [0.5, 0.6) is 5.75 Å². The molecule has 0 bridgehead atoms. The quantitative estimate of drug-likeness (QED) is 0.474. The van der Waals surface area contributed by atoms with Crippen LogP contribution in [-0.2, 0) is 0 Å². The maximum absolute atomic E-state index is 6.19. The van der Waals surface area contributed by atoms with Crippen LogP contribution in [0.4, 0.5) is 11.5 Å². The summed E-state index contributed by atoms with van der Waals surface area (Å²) < 4.78 is 5.66. The lowest BCUT2D eigenvalue weighted by molar-refractivity contribution is 0.341. The number of halogens is 2.